The van der Waals surface area contributed by atoms with E-state index >= 15 is 0 Å². The van der Waals surface area contributed by atoms with Gasteiger partial charge in [0.2, 0.25) is 5.91 Å². The van der Waals surface area contributed by atoms with E-state index in [1.807, 2.05) is 49.4 Å². The highest BCUT2D eigenvalue weighted by Gasteiger charge is 2.23. The summed E-state index contributed by atoms with van der Waals surface area (Å²) in [6, 6.07) is 35.7. The van der Waals surface area contributed by atoms with Crippen LogP contribution in [0.4, 0.5) is 11.4 Å². The Morgan fingerprint density at radius 1 is 0.776 bits per heavy atom. The highest BCUT2D eigenvalue weighted by Crippen LogP contribution is 2.38. The van der Waals surface area contributed by atoms with Crippen LogP contribution >= 0.6 is 23.4 Å². The van der Waals surface area contributed by atoms with Gasteiger partial charge < -0.3 is 25.4 Å². The number of halogens is 1. The zero-order valence-electron chi connectivity index (χ0n) is 27.0. The fourth-order valence-corrected chi connectivity index (χ4v) is 6.10. The monoisotopic (exact) mass is 691 g/mol. The molecule has 1 unspecified atom stereocenters. The van der Waals surface area contributed by atoms with Gasteiger partial charge in [-0.25, -0.2) is 0 Å². The van der Waals surface area contributed by atoms with E-state index in [-0.39, 0.29) is 11.6 Å². The van der Waals surface area contributed by atoms with Gasteiger partial charge in [-0.1, -0.05) is 72.3 Å². The second-order valence-corrected chi connectivity index (χ2v) is 12.4. The van der Waals surface area contributed by atoms with Crippen molar-refractivity contribution in [1.29, 1.82) is 0 Å². The zero-order valence-corrected chi connectivity index (χ0v) is 28.6. The van der Waals surface area contributed by atoms with Crippen LogP contribution in [0.25, 0.3) is 6.08 Å². The van der Waals surface area contributed by atoms with Crippen molar-refractivity contribution in [2.45, 2.75) is 17.1 Å². The molecule has 0 fully saturated rings. The van der Waals surface area contributed by atoms with Crippen molar-refractivity contribution >= 4 is 58.5 Å². The number of amides is 3. The molecular weight excluding hydrogens is 658 g/mol. The first kappa shape index (κ1) is 34.8. The van der Waals surface area contributed by atoms with E-state index in [1.54, 1.807) is 92.0 Å². The molecule has 0 spiro atoms. The molecule has 5 rings (SSSR count). The Morgan fingerprint density at radius 3 is 2.22 bits per heavy atom. The molecule has 248 valence electrons. The Bertz CT molecular complexity index is 1990. The molecule has 5 aromatic carbocycles. The number of hydrogen-bond donors (Lipinski definition) is 3. The lowest BCUT2D eigenvalue weighted by molar-refractivity contribution is -0.116. The number of rotatable bonds is 12. The van der Waals surface area contributed by atoms with Gasteiger partial charge in [0.25, 0.3) is 11.8 Å². The Kier molecular flexibility index (Phi) is 11.8. The summed E-state index contributed by atoms with van der Waals surface area (Å²) in [4.78, 5) is 41.4. The summed E-state index contributed by atoms with van der Waals surface area (Å²) < 4.78 is 10.8. The van der Waals surface area contributed by atoms with Crippen LogP contribution < -0.4 is 25.4 Å². The number of benzene rings is 5. The standard InChI is InChI=1S/C39H34ClN3O5S/c1-25-17-19-29(40)22-33(25)42-39(46)36(26-11-6-4-7-12-26)49-32-16-10-15-30(23-32)41-38(45)34(43-37(44)27-13-8-5-9-14-27)21-28-18-20-31(47-2)24-35(28)48-3/h4-24,36H,1-3H3,(H,41,45)(H,42,46)(H,43,44)/b34-21+. The molecule has 1 atom stereocenters. The molecule has 0 bridgehead atoms. The van der Waals surface area contributed by atoms with Crippen LogP contribution in [0.2, 0.25) is 5.02 Å². The van der Waals surface area contributed by atoms with Crippen molar-refractivity contribution in [1.82, 2.24) is 5.32 Å². The molecule has 0 aromatic heterocycles. The number of carbonyl (C=O) groups is 3. The molecule has 0 saturated heterocycles. The first-order valence-electron chi connectivity index (χ1n) is 15.2. The second-order valence-electron chi connectivity index (χ2n) is 10.8. The normalized spacial score (nSPS) is 11.6. The predicted octanol–water partition coefficient (Wildman–Crippen LogP) is 8.55. The summed E-state index contributed by atoms with van der Waals surface area (Å²) >= 11 is 7.55. The fraction of sp³-hybridized carbons (Fsp3) is 0.103. The molecule has 3 amide bonds. The minimum atomic E-state index is -0.617. The lowest BCUT2D eigenvalue weighted by atomic mass is 10.1. The van der Waals surface area contributed by atoms with E-state index in [1.165, 1.54) is 18.9 Å². The molecule has 0 aliphatic heterocycles. The predicted molar refractivity (Wildman–Crippen MR) is 196 cm³/mol. The van der Waals surface area contributed by atoms with E-state index < -0.39 is 17.1 Å². The van der Waals surface area contributed by atoms with Crippen molar-refractivity contribution in [3.63, 3.8) is 0 Å². The van der Waals surface area contributed by atoms with Crippen LogP contribution in [0.5, 0.6) is 11.5 Å². The largest absolute Gasteiger partial charge is 0.497 e. The number of hydrogen-bond acceptors (Lipinski definition) is 6. The van der Waals surface area contributed by atoms with Crippen LogP contribution in [-0.2, 0) is 9.59 Å². The van der Waals surface area contributed by atoms with Crippen LogP contribution in [-0.4, -0.2) is 31.9 Å². The van der Waals surface area contributed by atoms with Crippen molar-refractivity contribution < 1.29 is 23.9 Å². The van der Waals surface area contributed by atoms with Crippen molar-refractivity contribution in [2.24, 2.45) is 0 Å². The Labute approximate surface area is 294 Å². The zero-order chi connectivity index (χ0) is 34.8. The molecule has 10 heteroatoms. The summed E-state index contributed by atoms with van der Waals surface area (Å²) in [6.07, 6.45) is 1.54. The maximum atomic E-state index is 13.8. The number of nitrogens with one attached hydrogen (secondary N) is 3. The van der Waals surface area contributed by atoms with Crippen LogP contribution in [0.1, 0.15) is 32.3 Å². The molecule has 0 aliphatic rings. The van der Waals surface area contributed by atoms with E-state index in [4.69, 9.17) is 21.1 Å². The summed E-state index contributed by atoms with van der Waals surface area (Å²) in [5.41, 5.74) is 3.72. The van der Waals surface area contributed by atoms with Crippen molar-refractivity contribution in [3.05, 3.63) is 154 Å². The van der Waals surface area contributed by atoms with Gasteiger partial charge in [-0.2, -0.15) is 0 Å². The number of aryl methyl sites for hydroxylation is 1. The van der Waals surface area contributed by atoms with E-state index in [2.05, 4.69) is 16.0 Å². The molecule has 0 heterocycles. The third-order valence-electron chi connectivity index (χ3n) is 7.41. The van der Waals surface area contributed by atoms with Gasteiger partial charge in [-0.15, -0.1) is 11.8 Å². The maximum absolute atomic E-state index is 13.8. The number of thioether (sulfide) groups is 1. The topological polar surface area (TPSA) is 106 Å². The molecule has 0 aliphatic carbocycles. The Hall–Kier alpha value is -5.51. The molecule has 3 N–H and O–H groups in total. The molecular formula is C39H34ClN3O5S. The van der Waals surface area contributed by atoms with Gasteiger partial charge in [0.15, 0.2) is 0 Å². The first-order valence-corrected chi connectivity index (χ1v) is 16.5. The van der Waals surface area contributed by atoms with Crippen molar-refractivity contribution in [2.75, 3.05) is 24.9 Å². The summed E-state index contributed by atoms with van der Waals surface area (Å²) in [5.74, 6) is -0.204. The highest BCUT2D eigenvalue weighted by molar-refractivity contribution is 8.00. The Balaban J connectivity index is 1.41. The van der Waals surface area contributed by atoms with Crippen LogP contribution in [0.3, 0.4) is 0 Å². The Morgan fingerprint density at radius 2 is 1.51 bits per heavy atom. The molecule has 0 radical (unpaired) electrons. The maximum Gasteiger partial charge on any atom is 0.272 e. The minimum absolute atomic E-state index is 0.00573. The summed E-state index contributed by atoms with van der Waals surface area (Å²) in [6.45, 7) is 1.90. The highest BCUT2D eigenvalue weighted by atomic mass is 35.5. The molecule has 8 nitrogen and oxygen atoms in total. The van der Waals surface area contributed by atoms with Gasteiger partial charge in [-0.05, 0) is 78.7 Å². The van der Waals surface area contributed by atoms with Gasteiger partial charge in [-0.3, -0.25) is 14.4 Å². The van der Waals surface area contributed by atoms with E-state index in [0.29, 0.717) is 39.0 Å². The number of carbonyl (C=O) groups excluding carboxylic acids is 3. The van der Waals surface area contributed by atoms with Crippen LogP contribution in [0, 0.1) is 6.92 Å². The lowest BCUT2D eigenvalue weighted by Crippen LogP contribution is -2.30. The number of ether oxygens (including phenoxy) is 2. The van der Waals surface area contributed by atoms with E-state index in [0.717, 1.165) is 16.0 Å². The minimum Gasteiger partial charge on any atom is -0.497 e. The number of anilines is 2. The summed E-state index contributed by atoms with van der Waals surface area (Å²) in [5, 5.41) is 8.58. The SMILES string of the molecule is COc1ccc(/C=C(/NC(=O)c2ccccc2)C(=O)Nc2cccc(SC(C(=O)Nc3cc(Cl)ccc3C)c3ccccc3)c2)c(OC)c1. The van der Waals surface area contributed by atoms with Gasteiger partial charge >= 0.3 is 0 Å². The third kappa shape index (κ3) is 9.31. The summed E-state index contributed by atoms with van der Waals surface area (Å²) in [7, 11) is 3.06. The fourth-order valence-electron chi connectivity index (χ4n) is 4.85. The first-order chi connectivity index (χ1) is 23.7. The molecule has 49 heavy (non-hydrogen) atoms. The smallest absolute Gasteiger partial charge is 0.272 e. The average Bonchev–Trinajstić information content (AvgIpc) is 3.12. The van der Waals surface area contributed by atoms with Gasteiger partial charge in [0.05, 0.1) is 14.2 Å². The molecule has 5 aromatic rings. The third-order valence-corrected chi connectivity index (χ3v) is 8.90. The second kappa shape index (κ2) is 16.5. The van der Waals surface area contributed by atoms with Crippen LogP contribution in [0.15, 0.2) is 132 Å². The number of methoxy groups -OCH3 is 2. The van der Waals surface area contributed by atoms with Gasteiger partial charge in [0, 0.05) is 38.5 Å². The van der Waals surface area contributed by atoms with Crippen molar-refractivity contribution in [3.8, 4) is 11.5 Å². The lowest BCUT2D eigenvalue weighted by Gasteiger charge is -2.19. The van der Waals surface area contributed by atoms with E-state index in [9.17, 15) is 14.4 Å². The van der Waals surface area contributed by atoms with Gasteiger partial charge in [0.1, 0.15) is 22.4 Å². The average molecular weight is 692 g/mol. The molecule has 0 saturated carbocycles. The quantitative estimate of drug-likeness (QED) is 0.0895.